The van der Waals surface area contributed by atoms with Crippen molar-refractivity contribution in [1.29, 1.82) is 0 Å². The Labute approximate surface area is 125 Å². The number of fused-ring (bicyclic) bond motifs is 2. The predicted molar refractivity (Wildman–Crippen MR) is 63.0 cm³/mol. The minimum absolute atomic E-state index is 0.0139. The van der Waals surface area contributed by atoms with E-state index in [1.54, 1.807) is 0 Å². The summed E-state index contributed by atoms with van der Waals surface area (Å²) in [5, 5.41) is 18.3. The maximum absolute atomic E-state index is 11.4. The fourth-order valence-electron chi connectivity index (χ4n) is 2.62. The molecule has 1 aliphatic carbocycles. The molecule has 0 saturated heterocycles. The molecule has 19 heavy (non-hydrogen) atoms. The second kappa shape index (κ2) is 4.57. The Balaban J connectivity index is 3.02. The fourth-order valence-corrected chi connectivity index (χ4v) is 5.22. The number of carbonyl (C=O) groups is 2. The molecule has 0 amide bonds. The van der Waals surface area contributed by atoms with Gasteiger partial charge in [-0.25, -0.2) is 0 Å². The van der Waals surface area contributed by atoms with Crippen LogP contribution in [0.25, 0.3) is 0 Å². The monoisotopic (exact) mass is 294 g/mol. The number of hydrogen-bond donors (Lipinski definition) is 3. The van der Waals surface area contributed by atoms with Gasteiger partial charge >= 0.3 is 126 Å². The van der Waals surface area contributed by atoms with Gasteiger partial charge in [0.15, 0.2) is 0 Å². The number of hydrogen-bond acceptors (Lipinski definition) is 4. The maximum atomic E-state index is 11.4. The normalized spacial score (nSPS) is 13.6. The van der Waals surface area contributed by atoms with Gasteiger partial charge in [-0.2, -0.15) is 0 Å². The van der Waals surface area contributed by atoms with Crippen LogP contribution in [0.4, 0.5) is 0 Å². The van der Waals surface area contributed by atoms with Crippen molar-refractivity contribution in [2.75, 3.05) is 0 Å². The van der Waals surface area contributed by atoms with Crippen LogP contribution in [0.2, 0.25) is 0 Å². The van der Waals surface area contributed by atoms with E-state index >= 15 is 0 Å². The SMILES string of the molecule is O=C(O)c1[c]([Na])c(S(=O)(=O)O)c2c(C(=O)O)c1CC2. The van der Waals surface area contributed by atoms with Crippen molar-refractivity contribution in [2.24, 2.45) is 0 Å². The molecule has 2 rings (SSSR count). The average molecular weight is 294 g/mol. The first-order valence-corrected chi connectivity index (χ1v) is 7.72. The molecule has 3 N–H and O–H groups in total. The third kappa shape index (κ3) is 2.19. The van der Waals surface area contributed by atoms with Gasteiger partial charge in [-0.15, -0.1) is 0 Å². The molecular weight excluding hydrogens is 287 g/mol. The molecule has 1 aromatic carbocycles. The van der Waals surface area contributed by atoms with Crippen molar-refractivity contribution < 1.29 is 32.8 Å². The fraction of sp³-hybridized carbons (Fsp3) is 0.200. The molecule has 0 atom stereocenters. The quantitative estimate of drug-likeness (QED) is 0.492. The molecule has 0 unspecified atom stereocenters. The number of rotatable bonds is 3. The van der Waals surface area contributed by atoms with E-state index in [1.807, 2.05) is 0 Å². The van der Waals surface area contributed by atoms with Gasteiger partial charge in [0.2, 0.25) is 0 Å². The van der Waals surface area contributed by atoms with E-state index in [1.165, 1.54) is 0 Å². The van der Waals surface area contributed by atoms with Crippen molar-refractivity contribution in [3.05, 3.63) is 22.3 Å². The van der Waals surface area contributed by atoms with Crippen molar-refractivity contribution in [3.8, 4) is 0 Å². The summed E-state index contributed by atoms with van der Waals surface area (Å²) < 4.78 is 32.0. The standard InChI is InChI=1S/C10H7O7S.Na/c11-9(12)6-3-7(18(15,16)17)5-2-1-4(6)8(5)10(13)14;/h1-2H2,(H,11,12)(H,13,14)(H,15,16,17);. The molecule has 0 spiro atoms. The van der Waals surface area contributed by atoms with Crippen LogP contribution < -0.4 is 2.81 Å². The summed E-state index contributed by atoms with van der Waals surface area (Å²) in [4.78, 5) is 21.9. The van der Waals surface area contributed by atoms with Crippen LogP contribution in [0.5, 0.6) is 0 Å². The summed E-state index contributed by atoms with van der Waals surface area (Å²) in [5.74, 6) is -2.75. The van der Waals surface area contributed by atoms with Gasteiger partial charge in [0.05, 0.1) is 0 Å². The van der Waals surface area contributed by atoms with E-state index in [9.17, 15) is 22.6 Å². The second-order valence-electron chi connectivity index (χ2n) is 4.25. The molecular formula is C10H7NaO7S. The molecule has 0 heterocycles. The van der Waals surface area contributed by atoms with E-state index in [0.29, 0.717) is 0 Å². The first-order chi connectivity index (χ1) is 8.66. The van der Waals surface area contributed by atoms with E-state index in [2.05, 4.69) is 0 Å². The molecule has 1 aliphatic rings. The molecule has 2 bridgehead atoms. The van der Waals surface area contributed by atoms with Crippen molar-refractivity contribution in [3.63, 3.8) is 0 Å². The summed E-state index contributed by atoms with van der Waals surface area (Å²) in [7, 11) is -4.65. The van der Waals surface area contributed by atoms with Crippen LogP contribution in [-0.2, 0) is 23.0 Å². The third-order valence-electron chi connectivity index (χ3n) is 3.21. The number of aromatic carboxylic acids is 2. The molecule has 96 valence electrons. The van der Waals surface area contributed by atoms with E-state index < -0.39 is 27.0 Å². The first-order valence-electron chi connectivity index (χ1n) is 5.28. The van der Waals surface area contributed by atoms with Gasteiger partial charge < -0.3 is 0 Å². The van der Waals surface area contributed by atoms with Gasteiger partial charge in [0.25, 0.3) is 0 Å². The van der Waals surface area contributed by atoms with Gasteiger partial charge in [0.1, 0.15) is 0 Å². The second-order valence-corrected chi connectivity index (χ2v) is 6.60. The summed E-state index contributed by atoms with van der Waals surface area (Å²) in [6, 6.07) is 0. The molecule has 0 aromatic heterocycles. The summed E-state index contributed by atoms with van der Waals surface area (Å²) in [6.07, 6.45) is 0.262. The topological polar surface area (TPSA) is 129 Å². The van der Waals surface area contributed by atoms with Gasteiger partial charge in [0, 0.05) is 0 Å². The van der Waals surface area contributed by atoms with Crippen LogP contribution >= 0.6 is 0 Å². The van der Waals surface area contributed by atoms with Gasteiger partial charge in [-0.3, -0.25) is 0 Å². The van der Waals surface area contributed by atoms with Crippen molar-refractivity contribution in [2.45, 2.75) is 17.7 Å². The summed E-state index contributed by atoms with van der Waals surface area (Å²) in [6.45, 7) is 0. The minimum atomic E-state index is -4.65. The van der Waals surface area contributed by atoms with Crippen molar-refractivity contribution in [1.82, 2.24) is 0 Å². The zero-order valence-electron chi connectivity index (χ0n) is 9.80. The molecule has 0 saturated carbocycles. The van der Waals surface area contributed by atoms with Crippen molar-refractivity contribution >= 4 is 52.8 Å². The van der Waals surface area contributed by atoms with Gasteiger partial charge in [-0.1, -0.05) is 0 Å². The molecule has 0 fully saturated rings. The zero-order valence-corrected chi connectivity index (χ0v) is 12.6. The number of carboxylic acids is 2. The van der Waals surface area contributed by atoms with E-state index in [0.717, 1.165) is 0 Å². The van der Waals surface area contributed by atoms with Gasteiger partial charge in [-0.05, 0) is 0 Å². The third-order valence-corrected chi connectivity index (χ3v) is 5.64. The molecule has 0 aliphatic heterocycles. The Kier molecular flexibility index (Phi) is 3.48. The Bertz CT molecular complexity index is 720. The molecule has 7 nitrogen and oxygen atoms in total. The van der Waals surface area contributed by atoms with Crippen LogP contribution in [0.3, 0.4) is 0 Å². The predicted octanol–water partition coefficient (Wildman–Crippen LogP) is -0.778. The zero-order chi connectivity index (χ0) is 14.5. The Morgan fingerprint density at radius 3 is 1.89 bits per heavy atom. The van der Waals surface area contributed by atoms with Crippen LogP contribution in [0.15, 0.2) is 4.90 Å². The van der Waals surface area contributed by atoms with E-state index in [-0.39, 0.29) is 65.8 Å². The first kappa shape index (κ1) is 14.5. The van der Waals surface area contributed by atoms with Crippen LogP contribution in [0, 0.1) is 0 Å². The Morgan fingerprint density at radius 1 is 1.00 bits per heavy atom. The van der Waals surface area contributed by atoms with Crippen LogP contribution in [0.1, 0.15) is 31.8 Å². The number of benzene rings is 1. The van der Waals surface area contributed by atoms with E-state index in [4.69, 9.17) is 10.2 Å². The molecule has 9 heteroatoms. The Hall–Kier alpha value is -0.930. The molecule has 1 aromatic rings. The molecule has 0 radical (unpaired) electrons. The number of carboxylic acid groups (broad SMARTS) is 2. The Morgan fingerprint density at radius 2 is 1.47 bits per heavy atom. The summed E-state index contributed by atoms with van der Waals surface area (Å²) in [5.41, 5.74) is -0.435. The van der Waals surface area contributed by atoms with Crippen LogP contribution in [-0.4, -0.2) is 63.1 Å². The summed E-state index contributed by atoms with van der Waals surface area (Å²) >= 11 is 0.0739. The average Bonchev–Trinajstić information content (AvgIpc) is 2.53.